The molecule has 0 aliphatic heterocycles. The molecule has 0 saturated carbocycles. The summed E-state index contributed by atoms with van der Waals surface area (Å²) in [5.74, 6) is 0.250. The van der Waals surface area contributed by atoms with E-state index in [9.17, 15) is 8.42 Å². The summed E-state index contributed by atoms with van der Waals surface area (Å²) in [4.78, 5) is 0. The van der Waals surface area contributed by atoms with Gasteiger partial charge in [-0.25, -0.2) is 8.42 Å². The van der Waals surface area contributed by atoms with Crippen LogP contribution in [0.1, 0.15) is 13.3 Å². The summed E-state index contributed by atoms with van der Waals surface area (Å²) in [6.07, 6.45) is 0.188. The molecule has 0 spiro atoms. The zero-order valence-electron chi connectivity index (χ0n) is 10.3. The Morgan fingerprint density at radius 1 is 1.37 bits per heavy atom. The number of anilines is 1. The Morgan fingerprint density at radius 3 is 2.63 bits per heavy atom. The third-order valence-corrected chi connectivity index (χ3v) is 4.01. The molecular formula is C12H13N3O3S. The van der Waals surface area contributed by atoms with Gasteiger partial charge in [-0.15, -0.1) is 0 Å². The predicted molar refractivity (Wildman–Crippen MR) is 69.8 cm³/mol. The average molecular weight is 279 g/mol. The van der Waals surface area contributed by atoms with Crippen molar-refractivity contribution in [1.82, 2.24) is 0 Å². The number of hydrogen-bond donors (Lipinski definition) is 1. The van der Waals surface area contributed by atoms with E-state index >= 15 is 0 Å². The number of nitrogens with zero attached hydrogens (tertiary/aromatic N) is 2. The van der Waals surface area contributed by atoms with Crippen molar-refractivity contribution in [2.45, 2.75) is 18.6 Å². The third-order valence-electron chi connectivity index (χ3n) is 2.32. The molecule has 1 aromatic carbocycles. The molecule has 0 heterocycles. The lowest BCUT2D eigenvalue weighted by molar-refractivity contribution is 0.370. The first-order valence-electron chi connectivity index (χ1n) is 5.55. The Hall–Kier alpha value is -2.25. The molecule has 19 heavy (non-hydrogen) atoms. The maximum Gasteiger partial charge on any atom is 0.249 e. The van der Waals surface area contributed by atoms with Crippen molar-refractivity contribution in [2.24, 2.45) is 0 Å². The minimum Gasteiger partial charge on any atom is -0.477 e. The lowest BCUT2D eigenvalue weighted by atomic mass is 10.3. The molecule has 7 heteroatoms. The number of nitriles is 2. The molecule has 0 saturated heterocycles. The van der Waals surface area contributed by atoms with Crippen LogP contribution in [-0.4, -0.2) is 20.3 Å². The number of benzene rings is 1. The summed E-state index contributed by atoms with van der Waals surface area (Å²) in [6, 6.07) is 9.87. The Kier molecular flexibility index (Phi) is 5.16. The van der Waals surface area contributed by atoms with Gasteiger partial charge in [0.2, 0.25) is 10.0 Å². The zero-order chi connectivity index (χ0) is 14.3. The predicted octanol–water partition coefficient (Wildman–Crippen LogP) is 1.63. The second kappa shape index (κ2) is 6.62. The average Bonchev–Trinajstić information content (AvgIpc) is 2.38. The second-order valence-corrected chi connectivity index (χ2v) is 5.48. The quantitative estimate of drug-likeness (QED) is 0.852. The molecule has 0 aromatic heterocycles. The highest BCUT2D eigenvalue weighted by atomic mass is 32.2. The van der Waals surface area contributed by atoms with Crippen LogP contribution in [0.25, 0.3) is 0 Å². The lowest BCUT2D eigenvalue weighted by Crippen LogP contribution is -2.26. The van der Waals surface area contributed by atoms with E-state index in [4.69, 9.17) is 15.3 Å². The fraction of sp³-hybridized carbons (Fsp3) is 0.333. The summed E-state index contributed by atoms with van der Waals surface area (Å²) in [6.45, 7) is 1.43. The number of nitrogens with one attached hydrogen (secondary N) is 1. The number of hydrogen-bond acceptors (Lipinski definition) is 5. The fourth-order valence-corrected chi connectivity index (χ4v) is 2.59. The van der Waals surface area contributed by atoms with E-state index in [1.165, 1.54) is 6.07 Å². The summed E-state index contributed by atoms with van der Waals surface area (Å²) < 4.78 is 31.3. The minimum absolute atomic E-state index is 0.186. The first kappa shape index (κ1) is 14.8. The van der Waals surface area contributed by atoms with Crippen molar-refractivity contribution >= 4 is 15.7 Å². The minimum atomic E-state index is -3.80. The van der Waals surface area contributed by atoms with E-state index in [-0.39, 0.29) is 24.5 Å². The van der Waals surface area contributed by atoms with Crippen molar-refractivity contribution in [3.63, 3.8) is 0 Å². The molecule has 1 atom stereocenters. The van der Waals surface area contributed by atoms with Crippen molar-refractivity contribution in [1.29, 1.82) is 10.5 Å². The van der Waals surface area contributed by atoms with Crippen LogP contribution in [-0.2, 0) is 10.0 Å². The van der Waals surface area contributed by atoms with Crippen LogP contribution >= 0.6 is 0 Å². The summed E-state index contributed by atoms with van der Waals surface area (Å²) >= 11 is 0. The fourth-order valence-electron chi connectivity index (χ4n) is 1.39. The maximum absolute atomic E-state index is 11.9. The number of ether oxygens (including phenoxy) is 1. The Bertz CT molecular complexity index is 614. The standard InChI is InChI=1S/C12H13N3O3S/c1-2-10(9-14)19(16,17)15-11-5-3-4-6-12(11)18-8-7-13/h3-6,10,15H,2,8H2,1H3. The molecule has 0 fully saturated rings. The molecule has 0 amide bonds. The lowest BCUT2D eigenvalue weighted by Gasteiger charge is -2.14. The molecule has 1 N–H and O–H groups in total. The topological polar surface area (TPSA) is 103 Å². The van der Waals surface area contributed by atoms with Gasteiger partial charge in [0.15, 0.2) is 11.9 Å². The third kappa shape index (κ3) is 3.87. The molecule has 0 bridgehead atoms. The van der Waals surface area contributed by atoms with Crippen LogP contribution in [0.3, 0.4) is 0 Å². The molecular weight excluding hydrogens is 266 g/mol. The smallest absolute Gasteiger partial charge is 0.249 e. The summed E-state index contributed by atoms with van der Waals surface area (Å²) in [5.41, 5.74) is 0.214. The van der Waals surface area contributed by atoms with Gasteiger partial charge in [0.05, 0.1) is 11.8 Å². The van der Waals surface area contributed by atoms with E-state index in [0.717, 1.165) is 0 Å². The van der Waals surface area contributed by atoms with Crippen LogP contribution in [0.5, 0.6) is 5.75 Å². The number of rotatable bonds is 6. The molecule has 0 aliphatic rings. The van der Waals surface area contributed by atoms with Crippen molar-refractivity contribution in [3.8, 4) is 17.9 Å². The highest BCUT2D eigenvalue weighted by molar-refractivity contribution is 7.93. The summed E-state index contributed by atoms with van der Waals surface area (Å²) in [5, 5.41) is 16.1. The normalized spacial score (nSPS) is 11.9. The Morgan fingerprint density at radius 2 is 2.05 bits per heavy atom. The van der Waals surface area contributed by atoms with Crippen LogP contribution in [0.2, 0.25) is 0 Å². The van der Waals surface area contributed by atoms with Gasteiger partial charge in [0, 0.05) is 0 Å². The van der Waals surface area contributed by atoms with E-state index in [1.54, 1.807) is 37.3 Å². The van der Waals surface area contributed by atoms with Crippen LogP contribution in [0.4, 0.5) is 5.69 Å². The molecule has 0 radical (unpaired) electrons. The van der Waals surface area contributed by atoms with Gasteiger partial charge in [-0.05, 0) is 18.6 Å². The molecule has 1 rings (SSSR count). The van der Waals surface area contributed by atoms with Gasteiger partial charge in [-0.1, -0.05) is 19.1 Å². The molecule has 1 unspecified atom stereocenters. The van der Waals surface area contributed by atoms with Crippen LogP contribution in [0, 0.1) is 22.7 Å². The van der Waals surface area contributed by atoms with Crippen LogP contribution in [0.15, 0.2) is 24.3 Å². The van der Waals surface area contributed by atoms with Gasteiger partial charge < -0.3 is 4.74 Å². The SMILES string of the molecule is CCC(C#N)S(=O)(=O)Nc1ccccc1OCC#N. The highest BCUT2D eigenvalue weighted by Gasteiger charge is 2.24. The number of para-hydroxylation sites is 2. The summed E-state index contributed by atoms with van der Waals surface area (Å²) in [7, 11) is -3.80. The largest absolute Gasteiger partial charge is 0.477 e. The van der Waals surface area contributed by atoms with E-state index in [2.05, 4.69) is 4.72 Å². The first-order chi connectivity index (χ1) is 9.05. The zero-order valence-corrected chi connectivity index (χ0v) is 11.1. The second-order valence-electron chi connectivity index (χ2n) is 3.62. The molecule has 100 valence electrons. The Balaban J connectivity index is 3.00. The van der Waals surface area contributed by atoms with Crippen molar-refractivity contribution in [2.75, 3.05) is 11.3 Å². The monoisotopic (exact) mass is 279 g/mol. The molecule has 6 nitrogen and oxygen atoms in total. The highest BCUT2D eigenvalue weighted by Crippen LogP contribution is 2.25. The van der Waals surface area contributed by atoms with Gasteiger partial charge in [-0.2, -0.15) is 10.5 Å². The van der Waals surface area contributed by atoms with Gasteiger partial charge in [0.25, 0.3) is 0 Å². The maximum atomic E-state index is 11.9. The van der Waals surface area contributed by atoms with Crippen molar-refractivity contribution in [3.05, 3.63) is 24.3 Å². The van der Waals surface area contributed by atoms with Gasteiger partial charge >= 0.3 is 0 Å². The number of sulfonamides is 1. The van der Waals surface area contributed by atoms with E-state index < -0.39 is 15.3 Å². The van der Waals surface area contributed by atoms with Crippen LogP contribution < -0.4 is 9.46 Å². The van der Waals surface area contributed by atoms with Crippen molar-refractivity contribution < 1.29 is 13.2 Å². The van der Waals surface area contributed by atoms with Gasteiger partial charge in [0.1, 0.15) is 11.8 Å². The van der Waals surface area contributed by atoms with E-state index in [0.29, 0.717) is 0 Å². The van der Waals surface area contributed by atoms with Gasteiger partial charge in [-0.3, -0.25) is 4.72 Å². The first-order valence-corrected chi connectivity index (χ1v) is 7.09. The van der Waals surface area contributed by atoms with E-state index in [1.807, 2.05) is 0 Å². The Labute approximate surface area is 112 Å². The molecule has 1 aromatic rings. The molecule has 0 aliphatic carbocycles.